The fourth-order valence-corrected chi connectivity index (χ4v) is 3.82. The number of aromatic hydroxyl groups is 1. The number of hydrogen-bond acceptors (Lipinski definition) is 3. The first-order valence-corrected chi connectivity index (χ1v) is 7.97. The molecule has 0 unspecified atom stereocenters. The average Bonchev–Trinajstić information content (AvgIpc) is 2.77. The van der Waals surface area contributed by atoms with Crippen molar-refractivity contribution in [1.82, 2.24) is 4.57 Å². The number of hydrogen-bond donors (Lipinski definition) is 3. The molecule has 0 amide bonds. The minimum Gasteiger partial charge on any atom is -0.507 e. The zero-order valence-corrected chi connectivity index (χ0v) is 14.6. The molecule has 0 radical (unpaired) electrons. The van der Waals surface area contributed by atoms with Crippen molar-refractivity contribution in [2.45, 2.75) is 0 Å². The first-order valence-electron chi connectivity index (χ1n) is 6.89. The highest BCUT2D eigenvalue weighted by atomic mass is 127. The quantitative estimate of drug-likeness (QED) is 0.545. The fourth-order valence-electron chi connectivity index (χ4n) is 2.72. The fraction of sp³-hybridized carbons (Fsp3) is 0.0588. The number of aryl methyl sites for hydroxylation is 1. The Morgan fingerprint density at radius 3 is 2.42 bits per heavy atom. The number of aromatic carboxylic acids is 2. The van der Waals surface area contributed by atoms with Gasteiger partial charge in [-0.05, 0) is 40.8 Å². The predicted molar refractivity (Wildman–Crippen MR) is 96.7 cm³/mol. The highest BCUT2D eigenvalue weighted by Crippen LogP contribution is 2.37. The SMILES string of the molecule is Cn1c(-c2cccc(C(=O)O)c2)c(I)c2cc(C(=O)O)c(O)cc21. The summed E-state index contributed by atoms with van der Waals surface area (Å²) in [6, 6.07) is 9.37. The van der Waals surface area contributed by atoms with Crippen molar-refractivity contribution in [2.24, 2.45) is 7.05 Å². The summed E-state index contributed by atoms with van der Waals surface area (Å²) in [5.74, 6) is -2.53. The number of carboxylic acids is 2. The van der Waals surface area contributed by atoms with Crippen molar-refractivity contribution in [3.05, 3.63) is 51.1 Å². The van der Waals surface area contributed by atoms with Crippen LogP contribution in [0.1, 0.15) is 20.7 Å². The zero-order chi connectivity index (χ0) is 17.6. The summed E-state index contributed by atoms with van der Waals surface area (Å²) in [5.41, 5.74) is 2.13. The van der Waals surface area contributed by atoms with E-state index in [2.05, 4.69) is 22.6 Å². The van der Waals surface area contributed by atoms with E-state index in [1.54, 1.807) is 25.2 Å². The maximum atomic E-state index is 11.2. The van der Waals surface area contributed by atoms with Crippen LogP contribution < -0.4 is 0 Å². The number of nitrogens with zero attached hydrogens (tertiary/aromatic N) is 1. The lowest BCUT2D eigenvalue weighted by molar-refractivity contribution is 0.0684. The summed E-state index contributed by atoms with van der Waals surface area (Å²) in [6.45, 7) is 0. The number of benzene rings is 2. The summed E-state index contributed by atoms with van der Waals surface area (Å²) in [7, 11) is 1.78. The average molecular weight is 437 g/mol. The molecular formula is C17H12INO5. The van der Waals surface area contributed by atoms with Crippen LogP contribution in [0.25, 0.3) is 22.2 Å². The Labute approximate surface area is 150 Å². The Bertz CT molecular complexity index is 1010. The summed E-state index contributed by atoms with van der Waals surface area (Å²) < 4.78 is 2.60. The van der Waals surface area contributed by atoms with Gasteiger partial charge in [-0.15, -0.1) is 0 Å². The van der Waals surface area contributed by atoms with Gasteiger partial charge in [0.2, 0.25) is 0 Å². The highest BCUT2D eigenvalue weighted by Gasteiger charge is 2.20. The van der Waals surface area contributed by atoms with Gasteiger partial charge in [0.05, 0.1) is 16.8 Å². The van der Waals surface area contributed by atoms with Gasteiger partial charge in [-0.2, -0.15) is 0 Å². The van der Waals surface area contributed by atoms with E-state index in [-0.39, 0.29) is 16.9 Å². The minimum absolute atomic E-state index is 0.169. The van der Waals surface area contributed by atoms with Crippen LogP contribution in [0.4, 0.5) is 0 Å². The van der Waals surface area contributed by atoms with E-state index < -0.39 is 11.9 Å². The number of fused-ring (bicyclic) bond motifs is 1. The van der Waals surface area contributed by atoms with Crippen LogP contribution in [0.5, 0.6) is 5.75 Å². The molecule has 24 heavy (non-hydrogen) atoms. The molecule has 3 N–H and O–H groups in total. The number of phenols is 1. The van der Waals surface area contributed by atoms with Crippen LogP contribution >= 0.6 is 22.6 Å². The van der Waals surface area contributed by atoms with Gasteiger partial charge in [-0.3, -0.25) is 0 Å². The molecule has 0 spiro atoms. The predicted octanol–water partition coefficient (Wildman–Crippen LogP) is 3.55. The van der Waals surface area contributed by atoms with E-state index in [0.717, 1.165) is 9.26 Å². The number of aromatic nitrogens is 1. The lowest BCUT2D eigenvalue weighted by Gasteiger charge is -2.07. The Kier molecular flexibility index (Phi) is 3.96. The monoisotopic (exact) mass is 437 g/mol. The van der Waals surface area contributed by atoms with Gasteiger partial charge in [-0.1, -0.05) is 12.1 Å². The molecule has 0 fully saturated rings. The molecule has 3 aromatic rings. The third kappa shape index (κ3) is 2.50. The van der Waals surface area contributed by atoms with E-state index in [1.165, 1.54) is 18.2 Å². The Hall–Kier alpha value is -2.55. The van der Waals surface area contributed by atoms with Crippen molar-refractivity contribution >= 4 is 45.4 Å². The minimum atomic E-state index is -1.21. The summed E-state index contributed by atoms with van der Waals surface area (Å²) >= 11 is 2.10. The van der Waals surface area contributed by atoms with E-state index in [9.17, 15) is 19.8 Å². The highest BCUT2D eigenvalue weighted by molar-refractivity contribution is 14.1. The second-order valence-electron chi connectivity index (χ2n) is 5.30. The molecule has 0 aliphatic carbocycles. The molecular weight excluding hydrogens is 425 g/mol. The van der Waals surface area contributed by atoms with E-state index >= 15 is 0 Å². The molecule has 1 heterocycles. The van der Waals surface area contributed by atoms with Gasteiger partial charge in [0.25, 0.3) is 0 Å². The number of carbonyl (C=O) groups is 2. The van der Waals surface area contributed by atoms with Gasteiger partial charge < -0.3 is 19.9 Å². The van der Waals surface area contributed by atoms with Crippen LogP contribution in [0.15, 0.2) is 36.4 Å². The molecule has 0 aliphatic rings. The maximum Gasteiger partial charge on any atom is 0.339 e. The molecule has 0 bridgehead atoms. The van der Waals surface area contributed by atoms with Crippen LogP contribution in [-0.4, -0.2) is 31.8 Å². The first kappa shape index (κ1) is 16.3. The molecule has 0 atom stereocenters. The van der Waals surface area contributed by atoms with Gasteiger partial charge >= 0.3 is 11.9 Å². The second-order valence-corrected chi connectivity index (χ2v) is 6.38. The second kappa shape index (κ2) is 5.82. The van der Waals surface area contributed by atoms with Gasteiger partial charge in [-0.25, -0.2) is 9.59 Å². The van der Waals surface area contributed by atoms with Gasteiger partial charge in [0.15, 0.2) is 0 Å². The maximum absolute atomic E-state index is 11.2. The molecule has 7 heteroatoms. The molecule has 1 aromatic heterocycles. The van der Waals surface area contributed by atoms with Crippen molar-refractivity contribution in [2.75, 3.05) is 0 Å². The zero-order valence-electron chi connectivity index (χ0n) is 12.4. The van der Waals surface area contributed by atoms with E-state index in [1.807, 2.05) is 4.57 Å². The largest absolute Gasteiger partial charge is 0.507 e. The normalized spacial score (nSPS) is 10.9. The van der Waals surface area contributed by atoms with Gasteiger partial charge in [0.1, 0.15) is 11.3 Å². The number of rotatable bonds is 3. The molecule has 3 rings (SSSR count). The van der Waals surface area contributed by atoms with Crippen molar-refractivity contribution in [3.8, 4) is 17.0 Å². The van der Waals surface area contributed by atoms with Crippen molar-refractivity contribution < 1.29 is 24.9 Å². The Morgan fingerprint density at radius 2 is 1.79 bits per heavy atom. The summed E-state index contributed by atoms with van der Waals surface area (Å²) in [4.78, 5) is 22.4. The van der Waals surface area contributed by atoms with E-state index in [4.69, 9.17) is 5.11 Å². The van der Waals surface area contributed by atoms with E-state index in [0.29, 0.717) is 16.5 Å². The van der Waals surface area contributed by atoms with Gasteiger partial charge in [0, 0.05) is 27.6 Å². The molecule has 0 saturated carbocycles. The Balaban J connectivity index is 2.32. The first-order chi connectivity index (χ1) is 11.3. The lowest BCUT2D eigenvalue weighted by Crippen LogP contribution is -1.98. The van der Waals surface area contributed by atoms with Crippen LogP contribution in [0.2, 0.25) is 0 Å². The summed E-state index contributed by atoms with van der Waals surface area (Å²) in [5, 5.41) is 28.9. The molecule has 2 aromatic carbocycles. The lowest BCUT2D eigenvalue weighted by atomic mass is 10.1. The third-order valence-corrected chi connectivity index (χ3v) is 4.96. The van der Waals surface area contributed by atoms with Crippen molar-refractivity contribution in [3.63, 3.8) is 0 Å². The van der Waals surface area contributed by atoms with Crippen LogP contribution in [-0.2, 0) is 7.05 Å². The van der Waals surface area contributed by atoms with Crippen LogP contribution in [0, 0.1) is 3.57 Å². The van der Waals surface area contributed by atoms with Crippen molar-refractivity contribution in [1.29, 1.82) is 0 Å². The topological polar surface area (TPSA) is 99.8 Å². The summed E-state index contributed by atoms with van der Waals surface area (Å²) in [6.07, 6.45) is 0. The standard InChI is InChI=1S/C17H12INO5/c1-19-12-7-13(20)11(17(23)24)6-10(12)14(18)15(19)8-3-2-4-9(5-8)16(21)22/h2-7,20H,1H3,(H,21,22)(H,23,24). The van der Waals surface area contributed by atoms with Crippen LogP contribution in [0.3, 0.4) is 0 Å². The number of halogens is 1. The third-order valence-electron chi connectivity index (χ3n) is 3.87. The number of carboxylic acid groups (broad SMARTS) is 2. The Morgan fingerprint density at radius 1 is 1.08 bits per heavy atom. The molecule has 6 nitrogen and oxygen atoms in total. The molecule has 0 aliphatic heterocycles. The molecule has 0 saturated heterocycles. The molecule has 122 valence electrons. The smallest absolute Gasteiger partial charge is 0.339 e.